The van der Waals surface area contributed by atoms with Gasteiger partial charge >= 0.3 is 0 Å². The predicted octanol–water partition coefficient (Wildman–Crippen LogP) is 2.52. The highest BCUT2D eigenvalue weighted by atomic mass is 32.2. The monoisotopic (exact) mass is 444 g/mol. The van der Waals surface area contributed by atoms with Gasteiger partial charge in [-0.05, 0) is 30.3 Å². The number of benzene rings is 2. The van der Waals surface area contributed by atoms with Crippen molar-refractivity contribution in [2.45, 2.75) is 11.7 Å². The molecule has 0 fully saturated rings. The van der Waals surface area contributed by atoms with Crippen LogP contribution in [-0.2, 0) is 18.4 Å². The van der Waals surface area contributed by atoms with Crippen LogP contribution in [0.2, 0.25) is 0 Å². The van der Waals surface area contributed by atoms with E-state index in [9.17, 15) is 24.1 Å². The molecule has 12 heteroatoms. The first-order valence-electron chi connectivity index (χ1n) is 8.92. The highest BCUT2D eigenvalue weighted by Crippen LogP contribution is 2.17. The molecule has 0 bridgehead atoms. The Kier molecular flexibility index (Phi) is 6.92. The van der Waals surface area contributed by atoms with Crippen LogP contribution in [0.15, 0.2) is 53.7 Å². The van der Waals surface area contributed by atoms with Gasteiger partial charge in [0, 0.05) is 30.4 Å². The molecule has 0 aliphatic heterocycles. The number of carbonyl (C=O) groups excluding carboxylic acids is 2. The number of carbonyl (C=O) groups is 2. The molecule has 10 nitrogen and oxygen atoms in total. The van der Waals surface area contributed by atoms with Gasteiger partial charge in [-0.1, -0.05) is 17.8 Å². The number of amides is 2. The molecule has 0 unspecified atom stereocenters. The van der Waals surface area contributed by atoms with Gasteiger partial charge in [-0.25, -0.2) is 4.39 Å². The number of anilines is 1. The van der Waals surface area contributed by atoms with Crippen LogP contribution >= 0.6 is 11.8 Å². The molecule has 1 heterocycles. The maximum Gasteiger partial charge on any atom is 0.270 e. The lowest BCUT2D eigenvalue weighted by molar-refractivity contribution is -0.384. The summed E-state index contributed by atoms with van der Waals surface area (Å²) >= 11 is 1.15. The quantitative estimate of drug-likeness (QED) is 0.310. The third-order valence-corrected chi connectivity index (χ3v) is 5.13. The number of hydrogen-bond donors (Lipinski definition) is 2. The van der Waals surface area contributed by atoms with Crippen LogP contribution in [0.1, 0.15) is 16.2 Å². The maximum absolute atomic E-state index is 12.9. The number of nitro groups is 1. The second-order valence-electron chi connectivity index (χ2n) is 6.29. The minimum atomic E-state index is -0.574. The Morgan fingerprint density at radius 3 is 2.65 bits per heavy atom. The SMILES string of the molecule is Cn1c(CNC(=O)c2cccc([N+](=O)[O-])c2)nnc1SCC(=O)Nc1ccc(F)cc1. The average molecular weight is 444 g/mol. The zero-order valence-corrected chi connectivity index (χ0v) is 17.1. The van der Waals surface area contributed by atoms with E-state index >= 15 is 0 Å². The molecule has 0 aliphatic carbocycles. The summed E-state index contributed by atoms with van der Waals surface area (Å²) in [4.78, 5) is 34.6. The number of aromatic nitrogens is 3. The normalized spacial score (nSPS) is 10.5. The summed E-state index contributed by atoms with van der Waals surface area (Å²) in [6.07, 6.45) is 0. The van der Waals surface area contributed by atoms with Crippen molar-refractivity contribution in [2.24, 2.45) is 7.05 Å². The first kappa shape index (κ1) is 21.9. The van der Waals surface area contributed by atoms with Crippen molar-refractivity contribution in [3.05, 3.63) is 75.9 Å². The average Bonchev–Trinajstić information content (AvgIpc) is 3.11. The fourth-order valence-electron chi connectivity index (χ4n) is 2.51. The van der Waals surface area contributed by atoms with Gasteiger partial charge < -0.3 is 15.2 Å². The van der Waals surface area contributed by atoms with Crippen LogP contribution in [0, 0.1) is 15.9 Å². The first-order chi connectivity index (χ1) is 14.8. The van der Waals surface area contributed by atoms with Crippen LogP contribution in [0.25, 0.3) is 0 Å². The fourth-order valence-corrected chi connectivity index (χ4v) is 3.24. The number of non-ortho nitro benzene ring substituents is 1. The van der Waals surface area contributed by atoms with E-state index in [4.69, 9.17) is 0 Å². The summed E-state index contributed by atoms with van der Waals surface area (Å²) in [7, 11) is 1.69. The standard InChI is InChI=1S/C19H17FN6O4S/c1-25-16(10-21-18(28)12-3-2-4-15(9-12)26(29)30)23-24-19(25)31-11-17(27)22-14-7-5-13(20)6-8-14/h2-9H,10-11H2,1H3,(H,21,28)(H,22,27). The Balaban J connectivity index is 1.53. The second kappa shape index (κ2) is 9.80. The van der Waals surface area contributed by atoms with Gasteiger partial charge in [0.25, 0.3) is 11.6 Å². The number of rotatable bonds is 8. The summed E-state index contributed by atoms with van der Waals surface area (Å²) in [6.45, 7) is 0.0490. The third-order valence-electron chi connectivity index (χ3n) is 4.11. The van der Waals surface area contributed by atoms with Crippen LogP contribution in [-0.4, -0.2) is 37.3 Å². The summed E-state index contributed by atoms with van der Waals surface area (Å²) in [5, 5.41) is 24.6. The lowest BCUT2D eigenvalue weighted by atomic mass is 10.2. The molecule has 0 spiro atoms. The van der Waals surface area contributed by atoms with E-state index in [0.717, 1.165) is 11.8 Å². The lowest BCUT2D eigenvalue weighted by Gasteiger charge is -2.07. The zero-order valence-electron chi connectivity index (χ0n) is 16.2. The molecule has 3 aromatic rings. The van der Waals surface area contributed by atoms with Crippen molar-refractivity contribution < 1.29 is 18.9 Å². The largest absolute Gasteiger partial charge is 0.345 e. The molecular formula is C19H17FN6O4S. The molecule has 2 aromatic carbocycles. The van der Waals surface area contributed by atoms with Gasteiger partial charge in [-0.3, -0.25) is 19.7 Å². The van der Waals surface area contributed by atoms with Crippen molar-refractivity contribution in [1.82, 2.24) is 20.1 Å². The number of nitro benzene ring substituents is 1. The molecule has 0 saturated heterocycles. The number of thioether (sulfide) groups is 1. The van der Waals surface area contributed by atoms with Gasteiger partial charge in [0.15, 0.2) is 11.0 Å². The van der Waals surface area contributed by atoms with Crippen molar-refractivity contribution >= 4 is 35.0 Å². The van der Waals surface area contributed by atoms with Crippen molar-refractivity contribution in [3.63, 3.8) is 0 Å². The molecule has 0 atom stereocenters. The maximum atomic E-state index is 12.9. The van der Waals surface area contributed by atoms with Gasteiger partial charge in [0.2, 0.25) is 5.91 Å². The number of nitrogens with zero attached hydrogens (tertiary/aromatic N) is 4. The Hall–Kier alpha value is -3.80. The van der Waals surface area contributed by atoms with Crippen molar-refractivity contribution in [2.75, 3.05) is 11.1 Å². The van der Waals surface area contributed by atoms with E-state index in [1.54, 1.807) is 11.6 Å². The molecule has 160 valence electrons. The van der Waals surface area contributed by atoms with Crippen LogP contribution < -0.4 is 10.6 Å². The molecule has 0 saturated carbocycles. The topological polar surface area (TPSA) is 132 Å². The van der Waals surface area contributed by atoms with E-state index in [-0.39, 0.29) is 29.5 Å². The number of halogens is 1. The Morgan fingerprint density at radius 1 is 1.19 bits per heavy atom. The molecule has 0 aliphatic rings. The molecular weight excluding hydrogens is 427 g/mol. The van der Waals surface area contributed by atoms with Gasteiger partial charge in [0.1, 0.15) is 5.82 Å². The van der Waals surface area contributed by atoms with E-state index in [0.29, 0.717) is 16.7 Å². The smallest absolute Gasteiger partial charge is 0.270 e. The summed E-state index contributed by atoms with van der Waals surface area (Å²) < 4.78 is 14.5. The number of nitrogens with one attached hydrogen (secondary N) is 2. The third kappa shape index (κ3) is 5.85. The first-order valence-corrected chi connectivity index (χ1v) is 9.91. The second-order valence-corrected chi connectivity index (χ2v) is 7.23. The van der Waals surface area contributed by atoms with Crippen LogP contribution in [0.5, 0.6) is 0 Å². The van der Waals surface area contributed by atoms with E-state index < -0.39 is 16.6 Å². The fraction of sp³-hybridized carbons (Fsp3) is 0.158. The Morgan fingerprint density at radius 2 is 1.94 bits per heavy atom. The van der Waals surface area contributed by atoms with Gasteiger partial charge in [-0.2, -0.15) is 0 Å². The van der Waals surface area contributed by atoms with Crippen LogP contribution in [0.3, 0.4) is 0 Å². The molecule has 0 radical (unpaired) electrons. The van der Waals surface area contributed by atoms with Crippen molar-refractivity contribution in [3.8, 4) is 0 Å². The minimum absolute atomic E-state index is 0.0490. The van der Waals surface area contributed by atoms with Gasteiger partial charge in [-0.15, -0.1) is 10.2 Å². The van der Waals surface area contributed by atoms with E-state index in [1.807, 2.05) is 0 Å². The summed E-state index contributed by atoms with van der Waals surface area (Å²) in [5.41, 5.74) is 0.460. The highest BCUT2D eigenvalue weighted by Gasteiger charge is 2.15. The molecule has 2 N–H and O–H groups in total. The Labute approximate surface area is 180 Å². The van der Waals surface area contributed by atoms with Gasteiger partial charge in [0.05, 0.1) is 17.2 Å². The lowest BCUT2D eigenvalue weighted by Crippen LogP contribution is -2.24. The van der Waals surface area contributed by atoms with Crippen LogP contribution in [0.4, 0.5) is 15.8 Å². The number of hydrogen-bond acceptors (Lipinski definition) is 7. The predicted molar refractivity (Wildman–Crippen MR) is 111 cm³/mol. The van der Waals surface area contributed by atoms with Crippen molar-refractivity contribution in [1.29, 1.82) is 0 Å². The summed E-state index contributed by atoms with van der Waals surface area (Å²) in [6, 6.07) is 10.8. The van der Waals surface area contributed by atoms with E-state index in [1.165, 1.54) is 48.5 Å². The van der Waals surface area contributed by atoms with E-state index in [2.05, 4.69) is 20.8 Å². The molecule has 1 aromatic heterocycles. The summed E-state index contributed by atoms with van der Waals surface area (Å²) in [5.74, 6) is -0.667. The molecule has 31 heavy (non-hydrogen) atoms. The minimum Gasteiger partial charge on any atom is -0.345 e. The molecule has 2 amide bonds. The Bertz CT molecular complexity index is 1120. The molecule has 3 rings (SSSR count). The zero-order chi connectivity index (χ0) is 22.4. The highest BCUT2D eigenvalue weighted by molar-refractivity contribution is 7.99.